The highest BCUT2D eigenvalue weighted by atomic mass is 16.5. The van der Waals surface area contributed by atoms with Crippen molar-refractivity contribution in [1.29, 1.82) is 5.26 Å². The molecule has 0 radical (unpaired) electrons. The molecule has 2 unspecified atom stereocenters. The third-order valence-electron chi connectivity index (χ3n) is 4.55. The highest BCUT2D eigenvalue weighted by Crippen LogP contribution is 2.36. The van der Waals surface area contributed by atoms with Gasteiger partial charge in [0.05, 0.1) is 30.0 Å². The minimum absolute atomic E-state index is 0.297. The summed E-state index contributed by atoms with van der Waals surface area (Å²) in [6.07, 6.45) is 1.80. The first-order valence-electron chi connectivity index (χ1n) is 7.95. The van der Waals surface area contributed by atoms with E-state index in [9.17, 15) is 5.11 Å². The van der Waals surface area contributed by atoms with Crippen LogP contribution in [0.25, 0.3) is 5.65 Å². The maximum absolute atomic E-state index is 10.4. The fourth-order valence-electron chi connectivity index (χ4n) is 3.40. The molecule has 0 bridgehead atoms. The standard InChI is InChI=1S/C19H17N3O2/c1-12-15(8-9-20)22-10-4-7-17(19(22)21-12)24-18-14-6-3-2-5-13(14)11-16(18)23/h2-7,10,16,18,23H,8,11H2,1H3. The molecule has 1 N–H and O–H groups in total. The Hall–Kier alpha value is -2.84. The molecule has 0 saturated heterocycles. The maximum Gasteiger partial charge on any atom is 0.180 e. The zero-order valence-electron chi connectivity index (χ0n) is 13.3. The number of imidazole rings is 1. The molecule has 5 heteroatoms. The lowest BCUT2D eigenvalue weighted by Crippen LogP contribution is -2.19. The number of ether oxygens (including phenoxy) is 1. The zero-order valence-corrected chi connectivity index (χ0v) is 13.3. The van der Waals surface area contributed by atoms with Gasteiger partial charge in [-0.1, -0.05) is 24.3 Å². The van der Waals surface area contributed by atoms with Crippen LogP contribution in [0.2, 0.25) is 0 Å². The van der Waals surface area contributed by atoms with E-state index >= 15 is 0 Å². The second kappa shape index (κ2) is 5.66. The molecule has 0 aliphatic heterocycles. The Morgan fingerprint density at radius 1 is 1.33 bits per heavy atom. The third kappa shape index (κ3) is 2.24. The molecule has 2 heterocycles. The lowest BCUT2D eigenvalue weighted by molar-refractivity contribution is 0.0502. The number of pyridine rings is 1. The minimum Gasteiger partial charge on any atom is -0.479 e. The van der Waals surface area contributed by atoms with Gasteiger partial charge in [-0.05, 0) is 30.2 Å². The van der Waals surface area contributed by atoms with Crippen LogP contribution >= 0.6 is 0 Å². The molecular weight excluding hydrogens is 302 g/mol. The lowest BCUT2D eigenvalue weighted by atomic mass is 10.1. The van der Waals surface area contributed by atoms with Crippen LogP contribution in [0.15, 0.2) is 42.6 Å². The Bertz CT molecular complexity index is 955. The summed E-state index contributed by atoms with van der Waals surface area (Å²) in [5.41, 5.74) is 4.50. The summed E-state index contributed by atoms with van der Waals surface area (Å²) in [6.45, 7) is 1.89. The molecule has 0 amide bonds. The summed E-state index contributed by atoms with van der Waals surface area (Å²) in [4.78, 5) is 4.56. The monoisotopic (exact) mass is 319 g/mol. The number of benzene rings is 1. The van der Waals surface area contributed by atoms with Crippen LogP contribution in [0.3, 0.4) is 0 Å². The maximum atomic E-state index is 10.4. The van der Waals surface area contributed by atoms with E-state index in [4.69, 9.17) is 10.00 Å². The van der Waals surface area contributed by atoms with E-state index in [1.54, 1.807) is 0 Å². The SMILES string of the molecule is Cc1nc2c(OC3c4ccccc4CC3O)cccn2c1CC#N. The molecule has 2 atom stereocenters. The van der Waals surface area contributed by atoms with Gasteiger partial charge >= 0.3 is 0 Å². The Morgan fingerprint density at radius 2 is 2.17 bits per heavy atom. The number of rotatable bonds is 3. The topological polar surface area (TPSA) is 70.6 Å². The van der Waals surface area contributed by atoms with Crippen molar-refractivity contribution in [3.8, 4) is 11.8 Å². The molecule has 2 aromatic heterocycles. The lowest BCUT2D eigenvalue weighted by Gasteiger charge is -2.18. The molecule has 4 rings (SSSR count). The van der Waals surface area contributed by atoms with E-state index in [0.29, 0.717) is 24.2 Å². The number of aliphatic hydroxyl groups excluding tert-OH is 1. The van der Waals surface area contributed by atoms with Gasteiger partial charge in [-0.15, -0.1) is 0 Å². The smallest absolute Gasteiger partial charge is 0.180 e. The minimum atomic E-state index is -0.572. The van der Waals surface area contributed by atoms with Gasteiger partial charge in [0.2, 0.25) is 0 Å². The first kappa shape index (κ1) is 14.7. The van der Waals surface area contributed by atoms with E-state index in [2.05, 4.69) is 11.1 Å². The van der Waals surface area contributed by atoms with Crippen molar-refractivity contribution in [1.82, 2.24) is 9.38 Å². The molecule has 120 valence electrons. The molecular formula is C19H17N3O2. The number of nitrogens with zero attached hydrogens (tertiary/aromatic N) is 3. The van der Waals surface area contributed by atoms with Crippen LogP contribution in [-0.4, -0.2) is 20.6 Å². The second-order valence-corrected chi connectivity index (χ2v) is 6.05. The molecule has 0 saturated carbocycles. The van der Waals surface area contributed by atoms with Crippen LogP contribution in [0.5, 0.6) is 5.75 Å². The summed E-state index contributed by atoms with van der Waals surface area (Å²) in [5, 5.41) is 19.4. The van der Waals surface area contributed by atoms with E-state index in [0.717, 1.165) is 22.5 Å². The van der Waals surface area contributed by atoms with E-state index in [-0.39, 0.29) is 0 Å². The summed E-state index contributed by atoms with van der Waals surface area (Å²) >= 11 is 0. The van der Waals surface area contributed by atoms with Crippen LogP contribution in [0.1, 0.15) is 28.6 Å². The van der Waals surface area contributed by atoms with Gasteiger partial charge in [-0.25, -0.2) is 4.98 Å². The van der Waals surface area contributed by atoms with Crippen molar-refractivity contribution in [3.05, 3.63) is 65.1 Å². The quantitative estimate of drug-likeness (QED) is 0.806. The first-order chi connectivity index (χ1) is 11.7. The highest BCUT2D eigenvalue weighted by molar-refractivity contribution is 5.57. The molecule has 24 heavy (non-hydrogen) atoms. The summed E-state index contributed by atoms with van der Waals surface area (Å²) in [7, 11) is 0. The van der Waals surface area contributed by atoms with Crippen molar-refractivity contribution < 1.29 is 9.84 Å². The van der Waals surface area contributed by atoms with Crippen LogP contribution in [0.4, 0.5) is 0 Å². The fourth-order valence-corrected chi connectivity index (χ4v) is 3.40. The normalized spacial score (nSPS) is 19.2. The summed E-state index contributed by atoms with van der Waals surface area (Å²) < 4.78 is 8.05. The first-order valence-corrected chi connectivity index (χ1v) is 7.95. The van der Waals surface area contributed by atoms with Crippen LogP contribution in [-0.2, 0) is 12.8 Å². The van der Waals surface area contributed by atoms with Gasteiger partial charge in [0.1, 0.15) is 0 Å². The van der Waals surface area contributed by atoms with Crippen LogP contribution in [0, 0.1) is 18.3 Å². The highest BCUT2D eigenvalue weighted by Gasteiger charge is 2.33. The van der Waals surface area contributed by atoms with Gasteiger partial charge < -0.3 is 9.84 Å². The van der Waals surface area contributed by atoms with E-state index in [1.807, 2.05) is 53.9 Å². The van der Waals surface area contributed by atoms with Gasteiger partial charge in [0, 0.05) is 12.6 Å². The largest absolute Gasteiger partial charge is 0.479 e. The molecule has 0 fully saturated rings. The van der Waals surface area contributed by atoms with Crippen molar-refractivity contribution in [2.45, 2.75) is 32.0 Å². The number of aliphatic hydroxyl groups is 1. The number of nitriles is 1. The number of fused-ring (bicyclic) bond motifs is 2. The van der Waals surface area contributed by atoms with Crippen molar-refractivity contribution in [2.24, 2.45) is 0 Å². The number of aryl methyl sites for hydroxylation is 1. The Morgan fingerprint density at radius 3 is 3.00 bits per heavy atom. The van der Waals surface area contributed by atoms with Gasteiger partial charge in [-0.3, -0.25) is 4.40 Å². The fraction of sp³-hybridized carbons (Fsp3) is 0.263. The third-order valence-corrected chi connectivity index (χ3v) is 4.55. The number of hydrogen-bond acceptors (Lipinski definition) is 4. The molecule has 1 aliphatic rings. The molecule has 3 aromatic rings. The summed E-state index contributed by atoms with van der Waals surface area (Å²) in [6, 6.07) is 13.8. The average molecular weight is 319 g/mol. The second-order valence-electron chi connectivity index (χ2n) is 6.05. The number of hydrogen-bond donors (Lipinski definition) is 1. The molecule has 5 nitrogen and oxygen atoms in total. The Labute approximate surface area is 139 Å². The summed E-state index contributed by atoms with van der Waals surface area (Å²) in [5.74, 6) is 0.616. The number of aromatic nitrogens is 2. The molecule has 0 spiro atoms. The predicted octanol–water partition coefficient (Wildman–Crippen LogP) is 2.75. The van der Waals surface area contributed by atoms with Crippen molar-refractivity contribution >= 4 is 5.65 Å². The van der Waals surface area contributed by atoms with Crippen LogP contribution < -0.4 is 4.74 Å². The predicted molar refractivity (Wildman–Crippen MR) is 88.8 cm³/mol. The average Bonchev–Trinajstić information content (AvgIpc) is 3.07. The van der Waals surface area contributed by atoms with Gasteiger partial charge in [-0.2, -0.15) is 5.26 Å². The Balaban J connectivity index is 1.76. The Kier molecular flexibility index (Phi) is 3.47. The molecule has 1 aliphatic carbocycles. The van der Waals surface area contributed by atoms with Crippen molar-refractivity contribution in [3.63, 3.8) is 0 Å². The van der Waals surface area contributed by atoms with Gasteiger partial charge in [0.25, 0.3) is 0 Å². The van der Waals surface area contributed by atoms with Gasteiger partial charge in [0.15, 0.2) is 17.5 Å². The zero-order chi connectivity index (χ0) is 16.7. The van der Waals surface area contributed by atoms with E-state index in [1.165, 1.54) is 0 Å². The molecule has 1 aromatic carbocycles. The van der Waals surface area contributed by atoms with E-state index < -0.39 is 12.2 Å². The van der Waals surface area contributed by atoms with Crippen molar-refractivity contribution in [2.75, 3.05) is 0 Å².